The molecule has 0 aliphatic rings. The van der Waals surface area contributed by atoms with Crippen molar-refractivity contribution in [2.75, 3.05) is 13.2 Å². The fourth-order valence-electron chi connectivity index (χ4n) is 10.1. The van der Waals surface area contributed by atoms with Crippen LogP contribution in [0.2, 0.25) is 0 Å². The van der Waals surface area contributed by atoms with E-state index in [1.54, 1.807) is 0 Å². The van der Waals surface area contributed by atoms with Crippen LogP contribution in [0.25, 0.3) is 0 Å². The summed E-state index contributed by atoms with van der Waals surface area (Å²) in [6, 6.07) is 0. The number of carbonyl (C=O) groups excluding carboxylic acids is 3. The van der Waals surface area contributed by atoms with Gasteiger partial charge in [0, 0.05) is 19.3 Å². The Kier molecular flexibility index (Phi) is 66.2. The Bertz CT molecular complexity index is 1530. The molecule has 0 bridgehead atoms. The van der Waals surface area contributed by atoms with Gasteiger partial charge in [0.15, 0.2) is 6.10 Å². The molecule has 0 amide bonds. The largest absolute Gasteiger partial charge is 0.462 e. The highest BCUT2D eigenvalue weighted by Gasteiger charge is 2.19. The van der Waals surface area contributed by atoms with Crippen LogP contribution in [-0.4, -0.2) is 37.2 Å². The Labute approximate surface area is 503 Å². The molecule has 0 spiro atoms. The molecule has 0 aromatic rings. The predicted octanol–water partition coefficient (Wildman–Crippen LogP) is 24.2. The van der Waals surface area contributed by atoms with Gasteiger partial charge in [0.1, 0.15) is 13.2 Å². The summed E-state index contributed by atoms with van der Waals surface area (Å²) < 4.78 is 16.9. The zero-order valence-corrected chi connectivity index (χ0v) is 53.8. The summed E-state index contributed by atoms with van der Waals surface area (Å²) in [6.45, 7) is 6.52. The summed E-state index contributed by atoms with van der Waals surface area (Å²) >= 11 is 0. The molecule has 0 fully saturated rings. The monoisotopic (exact) mass is 1130 g/mol. The molecule has 1 atom stereocenters. The van der Waals surface area contributed by atoms with Crippen LogP contribution in [0.15, 0.2) is 85.1 Å². The van der Waals surface area contributed by atoms with Crippen molar-refractivity contribution in [1.29, 1.82) is 0 Å². The molecule has 0 N–H and O–H groups in total. The third kappa shape index (κ3) is 67.3. The molecule has 0 aliphatic heterocycles. The fraction of sp³-hybridized carbons (Fsp3) is 0.773. The lowest BCUT2D eigenvalue weighted by Gasteiger charge is -2.18. The molecule has 0 saturated carbocycles. The van der Waals surface area contributed by atoms with E-state index in [1.807, 2.05) is 0 Å². The molecule has 0 aromatic carbocycles. The molecule has 1 unspecified atom stereocenters. The Balaban J connectivity index is 4.22. The Morgan fingerprint density at radius 3 is 0.778 bits per heavy atom. The van der Waals surface area contributed by atoms with Crippen LogP contribution in [0, 0.1) is 0 Å². The average Bonchev–Trinajstić information content (AvgIpc) is 3.46. The van der Waals surface area contributed by atoms with Crippen LogP contribution in [0.4, 0.5) is 0 Å². The van der Waals surface area contributed by atoms with Gasteiger partial charge >= 0.3 is 17.9 Å². The Morgan fingerprint density at radius 1 is 0.259 bits per heavy atom. The topological polar surface area (TPSA) is 78.9 Å². The van der Waals surface area contributed by atoms with Crippen molar-refractivity contribution in [3.63, 3.8) is 0 Å². The van der Waals surface area contributed by atoms with E-state index in [4.69, 9.17) is 14.2 Å². The maximum atomic E-state index is 12.9. The van der Waals surface area contributed by atoms with Crippen LogP contribution >= 0.6 is 0 Å². The first-order chi connectivity index (χ1) is 40.0. The highest BCUT2D eigenvalue weighted by Crippen LogP contribution is 2.17. The summed E-state index contributed by atoms with van der Waals surface area (Å²) in [5.41, 5.74) is 0. The molecule has 0 saturated heterocycles. The minimum absolute atomic E-state index is 0.0842. The first kappa shape index (κ1) is 77.6. The predicted molar refractivity (Wildman–Crippen MR) is 353 cm³/mol. The maximum Gasteiger partial charge on any atom is 0.306 e. The number of hydrogen-bond acceptors (Lipinski definition) is 6. The molecule has 81 heavy (non-hydrogen) atoms. The van der Waals surface area contributed by atoms with Crippen LogP contribution in [0.1, 0.15) is 355 Å². The number of rotatable bonds is 64. The normalized spacial score (nSPS) is 12.6. The lowest BCUT2D eigenvalue weighted by Crippen LogP contribution is -2.30. The van der Waals surface area contributed by atoms with E-state index in [-0.39, 0.29) is 31.1 Å². The minimum atomic E-state index is -0.790. The van der Waals surface area contributed by atoms with Gasteiger partial charge in [-0.3, -0.25) is 14.4 Å². The van der Waals surface area contributed by atoms with Crippen molar-refractivity contribution in [1.82, 2.24) is 0 Å². The van der Waals surface area contributed by atoms with Crippen molar-refractivity contribution in [2.24, 2.45) is 0 Å². The molecule has 0 rings (SSSR count). The number of allylic oxidation sites excluding steroid dienone is 14. The van der Waals surface area contributed by atoms with Crippen LogP contribution in [0.5, 0.6) is 0 Å². The Hall–Kier alpha value is -3.41. The molecule has 0 radical (unpaired) electrons. The SMILES string of the molecule is CC/C=C\C/C=C\C/C=C\CCCCCC(=O)OCC(COC(=O)CCCCCCCCCCCCCCCCCC/C=C\C/C=C\C/C=C\CCCCCCC)OC(=O)CCCCCCCCCCC/C=C\CCCCCCCC. The van der Waals surface area contributed by atoms with Gasteiger partial charge in [-0.1, -0.05) is 305 Å². The molecule has 0 heterocycles. The van der Waals surface area contributed by atoms with Crippen LogP contribution < -0.4 is 0 Å². The first-order valence-electron chi connectivity index (χ1n) is 35.1. The number of unbranched alkanes of at least 4 members (excludes halogenated alkanes) is 39. The van der Waals surface area contributed by atoms with E-state index in [0.29, 0.717) is 19.3 Å². The van der Waals surface area contributed by atoms with Crippen molar-refractivity contribution in [3.8, 4) is 0 Å². The van der Waals surface area contributed by atoms with Gasteiger partial charge in [-0.25, -0.2) is 0 Å². The highest BCUT2D eigenvalue weighted by atomic mass is 16.6. The summed E-state index contributed by atoms with van der Waals surface area (Å²) in [7, 11) is 0. The second kappa shape index (κ2) is 69.1. The van der Waals surface area contributed by atoms with E-state index in [0.717, 1.165) is 96.3 Å². The van der Waals surface area contributed by atoms with Gasteiger partial charge < -0.3 is 14.2 Å². The molecule has 468 valence electrons. The van der Waals surface area contributed by atoms with Crippen molar-refractivity contribution in [2.45, 2.75) is 361 Å². The number of esters is 3. The zero-order valence-electron chi connectivity index (χ0n) is 53.8. The van der Waals surface area contributed by atoms with Crippen LogP contribution in [0.3, 0.4) is 0 Å². The maximum absolute atomic E-state index is 12.9. The quantitative estimate of drug-likeness (QED) is 0.0261. The second-order valence-electron chi connectivity index (χ2n) is 23.4. The van der Waals surface area contributed by atoms with Crippen molar-refractivity contribution < 1.29 is 28.6 Å². The Morgan fingerprint density at radius 2 is 0.481 bits per heavy atom. The summed E-state index contributed by atoms with van der Waals surface area (Å²) in [5.74, 6) is -0.901. The molecule has 6 heteroatoms. The van der Waals surface area contributed by atoms with E-state index in [9.17, 15) is 14.4 Å². The second-order valence-corrected chi connectivity index (χ2v) is 23.4. The van der Waals surface area contributed by atoms with Gasteiger partial charge in [-0.05, 0) is 116 Å². The average molecular weight is 1130 g/mol. The molecule has 6 nitrogen and oxygen atoms in total. The summed E-state index contributed by atoms with van der Waals surface area (Å²) in [5, 5.41) is 0. The van der Waals surface area contributed by atoms with E-state index >= 15 is 0 Å². The van der Waals surface area contributed by atoms with Crippen molar-refractivity contribution >= 4 is 17.9 Å². The smallest absolute Gasteiger partial charge is 0.306 e. The van der Waals surface area contributed by atoms with Gasteiger partial charge in [0.2, 0.25) is 0 Å². The van der Waals surface area contributed by atoms with Crippen LogP contribution in [-0.2, 0) is 28.6 Å². The minimum Gasteiger partial charge on any atom is -0.462 e. The van der Waals surface area contributed by atoms with Crippen molar-refractivity contribution in [3.05, 3.63) is 85.1 Å². The molecular formula is C75H132O6. The van der Waals surface area contributed by atoms with E-state index in [2.05, 4.69) is 106 Å². The number of hydrogen-bond donors (Lipinski definition) is 0. The standard InChI is InChI=1S/C75H132O6/c1-4-7-10-13-16-19-22-25-27-29-31-32-33-34-35-36-37-38-39-40-41-42-44-45-47-50-53-56-59-62-65-68-74(77)80-71-72(70-79-73(76)67-64-61-58-55-52-49-24-21-18-15-12-9-6-3)81-75(78)69-66-63-60-57-54-51-48-46-43-30-28-26-23-20-17-14-11-8-5-2/h9,12,18,21-22,25-26,28-29,31,33-34,49,52,72H,4-8,10-11,13-17,19-20,23-24,27,30,32,35-48,50-51,53-71H2,1-3H3/b12-9-,21-18-,25-22-,28-26-,31-29-,34-33-,52-49-. The van der Waals surface area contributed by atoms with E-state index < -0.39 is 6.10 Å². The lowest BCUT2D eigenvalue weighted by atomic mass is 10.0. The third-order valence-corrected chi connectivity index (χ3v) is 15.4. The lowest BCUT2D eigenvalue weighted by molar-refractivity contribution is -0.167. The third-order valence-electron chi connectivity index (χ3n) is 15.4. The summed E-state index contributed by atoms with van der Waals surface area (Å²) in [6.07, 6.45) is 91.9. The fourth-order valence-corrected chi connectivity index (χ4v) is 10.1. The van der Waals surface area contributed by atoms with Gasteiger partial charge in [-0.2, -0.15) is 0 Å². The first-order valence-corrected chi connectivity index (χ1v) is 35.1. The molecular weight excluding hydrogens is 997 g/mol. The zero-order chi connectivity index (χ0) is 58.5. The molecule has 0 aliphatic carbocycles. The summed E-state index contributed by atoms with van der Waals surface area (Å²) in [4.78, 5) is 38.4. The van der Waals surface area contributed by atoms with Gasteiger partial charge in [0.05, 0.1) is 0 Å². The highest BCUT2D eigenvalue weighted by molar-refractivity contribution is 5.71. The number of ether oxygens (including phenoxy) is 3. The number of carbonyl (C=O) groups is 3. The van der Waals surface area contributed by atoms with Gasteiger partial charge in [-0.15, -0.1) is 0 Å². The van der Waals surface area contributed by atoms with Gasteiger partial charge in [0.25, 0.3) is 0 Å². The van der Waals surface area contributed by atoms with E-state index in [1.165, 1.54) is 218 Å². The molecule has 0 aromatic heterocycles.